The maximum atomic E-state index is 13.4. The van der Waals surface area contributed by atoms with E-state index in [1.54, 1.807) is 18.3 Å². The minimum absolute atomic E-state index is 0. The van der Waals surface area contributed by atoms with Gasteiger partial charge in [-0.25, -0.2) is 9.37 Å². The smallest absolute Gasteiger partial charge is 0.224 e. The normalized spacial score (nSPS) is 17.8. The molecule has 1 saturated carbocycles. The van der Waals surface area contributed by atoms with Crippen molar-refractivity contribution in [2.45, 2.75) is 32.2 Å². The molecule has 0 amide bonds. The van der Waals surface area contributed by atoms with Gasteiger partial charge in [0.15, 0.2) is 5.96 Å². The summed E-state index contributed by atoms with van der Waals surface area (Å²) in [5.41, 5.74) is 1.43. The summed E-state index contributed by atoms with van der Waals surface area (Å²) < 4.78 is 19.2. The zero-order valence-electron chi connectivity index (χ0n) is 16.0. The van der Waals surface area contributed by atoms with Gasteiger partial charge in [-0.15, -0.1) is 24.0 Å². The van der Waals surface area contributed by atoms with Gasteiger partial charge in [0.2, 0.25) is 5.88 Å². The molecule has 5 nitrogen and oxygen atoms in total. The zero-order valence-corrected chi connectivity index (χ0v) is 18.4. The van der Waals surface area contributed by atoms with Crippen LogP contribution < -0.4 is 10.1 Å². The van der Waals surface area contributed by atoms with Crippen molar-refractivity contribution in [3.63, 3.8) is 0 Å². The molecule has 1 aliphatic carbocycles. The van der Waals surface area contributed by atoms with E-state index in [0.717, 1.165) is 24.6 Å². The summed E-state index contributed by atoms with van der Waals surface area (Å²) in [6.07, 6.45) is 6.97. The maximum absolute atomic E-state index is 13.4. The van der Waals surface area contributed by atoms with E-state index in [1.165, 1.54) is 37.8 Å². The summed E-state index contributed by atoms with van der Waals surface area (Å²) in [4.78, 5) is 11.1. The molecule has 1 aromatic heterocycles. The standard InChI is InChI=1S/C21H25FN4O.HI/c1-23-20(26-12-10-21(15-26)8-4-9-21)25-14-16-5-3-11-24-19(16)27-18-7-2-6-17(22)13-18;/h2-3,5-7,11,13H,4,8-10,12,14-15H2,1H3,(H,23,25);1H. The minimum Gasteiger partial charge on any atom is -0.439 e. The Hall–Kier alpha value is -1.90. The molecule has 2 aliphatic rings. The fraction of sp³-hybridized carbons (Fsp3) is 0.429. The molecule has 1 aromatic carbocycles. The number of pyridine rings is 1. The second kappa shape index (κ2) is 9.07. The predicted molar refractivity (Wildman–Crippen MR) is 119 cm³/mol. The highest BCUT2D eigenvalue weighted by Gasteiger charge is 2.43. The molecule has 7 heteroatoms. The number of hydrogen-bond donors (Lipinski definition) is 1. The average molecular weight is 496 g/mol. The number of aliphatic imine (C=N–C) groups is 1. The van der Waals surface area contributed by atoms with Crippen molar-refractivity contribution in [1.29, 1.82) is 0 Å². The zero-order chi connectivity index (χ0) is 18.7. The predicted octanol–water partition coefficient (Wildman–Crippen LogP) is 4.58. The number of hydrogen-bond acceptors (Lipinski definition) is 3. The number of benzene rings is 1. The highest BCUT2D eigenvalue weighted by Crippen LogP contribution is 2.47. The van der Waals surface area contributed by atoms with Crippen LogP contribution in [0.3, 0.4) is 0 Å². The van der Waals surface area contributed by atoms with Crippen LogP contribution in [0.15, 0.2) is 47.6 Å². The SMILES string of the molecule is CN=C(NCc1cccnc1Oc1cccc(F)c1)N1CCC2(CCC2)C1.I. The molecule has 150 valence electrons. The molecule has 0 unspecified atom stereocenters. The summed E-state index contributed by atoms with van der Waals surface area (Å²) in [5, 5.41) is 3.43. The molecule has 4 rings (SSSR count). The molecule has 1 aliphatic heterocycles. The molecular weight excluding hydrogens is 470 g/mol. The second-order valence-corrected chi connectivity index (χ2v) is 7.45. The molecule has 1 saturated heterocycles. The first kappa shape index (κ1) is 20.8. The highest BCUT2D eigenvalue weighted by atomic mass is 127. The number of ether oxygens (including phenoxy) is 1. The Kier molecular flexibility index (Phi) is 6.74. The first-order chi connectivity index (χ1) is 13.2. The van der Waals surface area contributed by atoms with Crippen LogP contribution in [-0.4, -0.2) is 36.0 Å². The summed E-state index contributed by atoms with van der Waals surface area (Å²) in [6.45, 7) is 2.69. The lowest BCUT2D eigenvalue weighted by Crippen LogP contribution is -2.42. The van der Waals surface area contributed by atoms with Crippen LogP contribution in [-0.2, 0) is 6.54 Å². The summed E-state index contributed by atoms with van der Waals surface area (Å²) in [6, 6.07) is 9.92. The second-order valence-electron chi connectivity index (χ2n) is 7.45. The number of nitrogens with zero attached hydrogens (tertiary/aromatic N) is 3. The van der Waals surface area contributed by atoms with Gasteiger partial charge in [0.25, 0.3) is 0 Å². The maximum Gasteiger partial charge on any atom is 0.224 e. The third-order valence-electron chi connectivity index (χ3n) is 5.66. The van der Waals surface area contributed by atoms with Gasteiger partial charge in [0, 0.05) is 44.5 Å². The first-order valence-corrected chi connectivity index (χ1v) is 9.50. The van der Waals surface area contributed by atoms with Gasteiger partial charge in [0.05, 0.1) is 0 Å². The Morgan fingerprint density at radius 1 is 1.29 bits per heavy atom. The molecule has 0 radical (unpaired) electrons. The Balaban J connectivity index is 0.00000225. The Morgan fingerprint density at radius 2 is 2.14 bits per heavy atom. The average Bonchev–Trinajstić information content (AvgIpc) is 3.10. The van der Waals surface area contributed by atoms with Crippen LogP contribution in [0.1, 0.15) is 31.2 Å². The Labute approximate surface area is 182 Å². The molecule has 2 heterocycles. The summed E-state index contributed by atoms with van der Waals surface area (Å²) in [7, 11) is 1.82. The van der Waals surface area contributed by atoms with E-state index in [1.807, 2.05) is 19.2 Å². The van der Waals surface area contributed by atoms with Gasteiger partial charge in [-0.1, -0.05) is 18.6 Å². The number of rotatable bonds is 4. The topological polar surface area (TPSA) is 49.8 Å². The molecule has 0 bridgehead atoms. The van der Waals surface area contributed by atoms with E-state index in [4.69, 9.17) is 4.74 Å². The van der Waals surface area contributed by atoms with Gasteiger partial charge < -0.3 is 15.0 Å². The lowest BCUT2D eigenvalue weighted by atomic mass is 9.68. The molecule has 28 heavy (non-hydrogen) atoms. The first-order valence-electron chi connectivity index (χ1n) is 9.50. The van der Waals surface area contributed by atoms with E-state index in [9.17, 15) is 4.39 Å². The van der Waals surface area contributed by atoms with E-state index < -0.39 is 0 Å². The van der Waals surface area contributed by atoms with E-state index in [2.05, 4.69) is 20.2 Å². The number of likely N-dealkylation sites (tertiary alicyclic amines) is 1. The van der Waals surface area contributed by atoms with Crippen molar-refractivity contribution in [1.82, 2.24) is 15.2 Å². The van der Waals surface area contributed by atoms with Gasteiger partial charge in [0.1, 0.15) is 11.6 Å². The van der Waals surface area contributed by atoms with Crippen molar-refractivity contribution in [2.75, 3.05) is 20.1 Å². The van der Waals surface area contributed by atoms with Gasteiger partial charge in [-0.3, -0.25) is 4.99 Å². The lowest BCUT2D eigenvalue weighted by Gasteiger charge is -2.38. The van der Waals surface area contributed by atoms with E-state index in [0.29, 0.717) is 23.6 Å². The van der Waals surface area contributed by atoms with Crippen molar-refractivity contribution in [3.05, 3.63) is 54.0 Å². The molecule has 2 fully saturated rings. The third kappa shape index (κ3) is 4.56. The fourth-order valence-electron chi connectivity index (χ4n) is 4.00. The quantitative estimate of drug-likeness (QED) is 0.383. The van der Waals surface area contributed by atoms with E-state index >= 15 is 0 Å². The highest BCUT2D eigenvalue weighted by molar-refractivity contribution is 14.0. The number of guanidine groups is 1. The monoisotopic (exact) mass is 496 g/mol. The molecule has 1 N–H and O–H groups in total. The fourth-order valence-corrected chi connectivity index (χ4v) is 4.00. The molecule has 0 atom stereocenters. The van der Waals surface area contributed by atoms with E-state index in [-0.39, 0.29) is 29.8 Å². The number of halogens is 2. The van der Waals surface area contributed by atoms with Crippen molar-refractivity contribution >= 4 is 29.9 Å². The number of nitrogens with one attached hydrogen (secondary N) is 1. The largest absolute Gasteiger partial charge is 0.439 e. The number of aromatic nitrogens is 1. The summed E-state index contributed by atoms with van der Waals surface area (Å²) >= 11 is 0. The van der Waals surface area contributed by atoms with Gasteiger partial charge in [-0.05, 0) is 42.9 Å². The van der Waals surface area contributed by atoms with Crippen molar-refractivity contribution in [2.24, 2.45) is 10.4 Å². The van der Waals surface area contributed by atoms with Crippen molar-refractivity contribution < 1.29 is 9.13 Å². The minimum atomic E-state index is -0.331. The van der Waals surface area contributed by atoms with Crippen LogP contribution in [0.5, 0.6) is 11.6 Å². The molecular formula is C21H26FIN4O. The van der Waals surface area contributed by atoms with Crippen LogP contribution in [0.4, 0.5) is 4.39 Å². The summed E-state index contributed by atoms with van der Waals surface area (Å²) in [5.74, 6) is 1.50. The lowest BCUT2D eigenvalue weighted by molar-refractivity contribution is 0.151. The van der Waals surface area contributed by atoms with Crippen molar-refractivity contribution in [3.8, 4) is 11.6 Å². The Bertz CT molecular complexity index is 841. The van der Waals surface area contributed by atoms with Crippen LogP contribution >= 0.6 is 24.0 Å². The Morgan fingerprint density at radius 3 is 2.82 bits per heavy atom. The van der Waals surface area contributed by atoms with Gasteiger partial charge >= 0.3 is 0 Å². The van der Waals surface area contributed by atoms with Crippen LogP contribution in [0, 0.1) is 11.2 Å². The molecule has 1 spiro atoms. The third-order valence-corrected chi connectivity index (χ3v) is 5.66. The van der Waals surface area contributed by atoms with Crippen LogP contribution in [0.2, 0.25) is 0 Å². The van der Waals surface area contributed by atoms with Gasteiger partial charge in [-0.2, -0.15) is 0 Å². The molecule has 2 aromatic rings. The van der Waals surface area contributed by atoms with Crippen LogP contribution in [0.25, 0.3) is 0 Å².